The highest BCUT2D eigenvalue weighted by atomic mass is 32.2. The van der Waals surface area contributed by atoms with E-state index in [1.807, 2.05) is 6.07 Å². The van der Waals surface area contributed by atoms with Crippen LogP contribution in [0.5, 0.6) is 5.88 Å². The Balaban J connectivity index is 1.30. The quantitative estimate of drug-likeness (QED) is 0.532. The van der Waals surface area contributed by atoms with E-state index in [1.54, 1.807) is 20.8 Å². The number of fused-ring (bicyclic) bond motifs is 3. The third kappa shape index (κ3) is 5.25. The Morgan fingerprint density at radius 2 is 2.05 bits per heavy atom. The van der Waals surface area contributed by atoms with E-state index < -0.39 is 27.6 Å². The predicted octanol–water partition coefficient (Wildman–Crippen LogP) is 2.97. The number of Topliss-reactive ketones (excluding diaryl/α,β-unsaturated/α-hetero) is 1. The Morgan fingerprint density at radius 1 is 1.26 bits per heavy atom. The number of alkyl carbamates (subject to hydrolysis) is 1. The predicted molar refractivity (Wildman–Crippen MR) is 139 cm³/mol. The van der Waals surface area contributed by atoms with Crippen LogP contribution in [-0.2, 0) is 40.5 Å². The molecule has 3 aliphatic rings. The maximum absolute atomic E-state index is 13.4. The summed E-state index contributed by atoms with van der Waals surface area (Å²) in [4.78, 5) is 37.2. The zero-order valence-electron chi connectivity index (χ0n) is 21.7. The molecule has 1 aliphatic heterocycles. The molecule has 0 bridgehead atoms. The summed E-state index contributed by atoms with van der Waals surface area (Å²) in [6, 6.07) is 1.09. The molecule has 204 valence electrons. The molecule has 2 aliphatic carbocycles. The summed E-state index contributed by atoms with van der Waals surface area (Å²) in [5, 5.41) is 15.7. The van der Waals surface area contributed by atoms with Crippen molar-refractivity contribution in [1.82, 2.24) is 15.1 Å². The van der Waals surface area contributed by atoms with Crippen LogP contribution in [0.15, 0.2) is 21.5 Å². The van der Waals surface area contributed by atoms with Gasteiger partial charge in [0.05, 0.1) is 19.3 Å². The van der Waals surface area contributed by atoms with Crippen LogP contribution in [0.4, 0.5) is 15.3 Å². The van der Waals surface area contributed by atoms with Gasteiger partial charge in [-0.3, -0.25) is 4.79 Å². The highest BCUT2D eigenvalue weighted by molar-refractivity contribution is 7.91. The maximum atomic E-state index is 13.4. The number of nitrogens with two attached hydrogens (primary N) is 1. The fourth-order valence-electron chi connectivity index (χ4n) is 5.12. The number of hydrogen-bond donors (Lipinski definition) is 3. The number of amides is 3. The van der Waals surface area contributed by atoms with Gasteiger partial charge in [0.2, 0.25) is 5.88 Å². The van der Waals surface area contributed by atoms with Gasteiger partial charge in [0.15, 0.2) is 15.7 Å². The topological polar surface area (TPSA) is 167 Å². The average Bonchev–Trinajstić information content (AvgIpc) is 3.55. The first kappa shape index (κ1) is 26.2. The molecule has 5 rings (SSSR count). The van der Waals surface area contributed by atoms with Crippen LogP contribution in [-0.4, -0.2) is 50.6 Å². The molecule has 1 aromatic heterocycles. The van der Waals surface area contributed by atoms with Crippen molar-refractivity contribution in [1.29, 1.82) is 0 Å². The van der Waals surface area contributed by atoms with Crippen molar-refractivity contribution in [3.8, 4) is 5.88 Å². The molecule has 38 heavy (non-hydrogen) atoms. The first-order valence-corrected chi connectivity index (χ1v) is 14.2. The molecule has 2 atom stereocenters. The molecule has 0 saturated heterocycles. The Labute approximate surface area is 220 Å². The first-order valence-electron chi connectivity index (χ1n) is 12.6. The fraction of sp³-hybridized carbons (Fsp3) is 0.520. The van der Waals surface area contributed by atoms with Gasteiger partial charge < -0.3 is 20.1 Å². The van der Waals surface area contributed by atoms with Crippen molar-refractivity contribution < 1.29 is 28.1 Å². The number of ketones is 1. The van der Waals surface area contributed by atoms with Gasteiger partial charge in [0.1, 0.15) is 10.5 Å². The van der Waals surface area contributed by atoms with Gasteiger partial charge >= 0.3 is 12.1 Å². The number of benzene rings is 1. The molecule has 0 spiro atoms. The van der Waals surface area contributed by atoms with Crippen molar-refractivity contribution in [2.75, 3.05) is 18.5 Å². The van der Waals surface area contributed by atoms with Gasteiger partial charge in [-0.1, -0.05) is 0 Å². The van der Waals surface area contributed by atoms with Crippen LogP contribution in [0.1, 0.15) is 60.7 Å². The third-order valence-electron chi connectivity index (χ3n) is 6.76. The summed E-state index contributed by atoms with van der Waals surface area (Å²) in [5.41, 5.74) is 3.50. The van der Waals surface area contributed by atoms with E-state index in [0.29, 0.717) is 37.2 Å². The van der Waals surface area contributed by atoms with Gasteiger partial charge in [-0.25, -0.2) is 23.6 Å². The molecular weight excluding hydrogens is 512 g/mol. The number of carbonyl (C=O) groups excluding carboxylic acids is 3. The number of aryl methyl sites for hydroxylation is 1. The van der Waals surface area contributed by atoms with Crippen molar-refractivity contribution in [2.45, 2.75) is 69.9 Å². The van der Waals surface area contributed by atoms with Gasteiger partial charge in [-0.2, -0.15) is 5.10 Å². The van der Waals surface area contributed by atoms with E-state index in [1.165, 1.54) is 10.9 Å². The standard InChI is InChI=1S/C25H32N6O6S/c1-25(2,3)37-24(34)27-10-14-12-31-22(36-13-14)20(11-28-31)38(26,35)30-23(33)29-21-16-6-4-5-15(16)9-18-17(21)7-8-19(18)32/h9,11,14H,4-8,10,12-13H2,1-3H3,(H,27,34)(H3,26,29,30,33,35). The minimum atomic E-state index is -3.68. The lowest BCUT2D eigenvalue weighted by Gasteiger charge is -2.26. The van der Waals surface area contributed by atoms with Gasteiger partial charge in [0.25, 0.3) is 0 Å². The van der Waals surface area contributed by atoms with Crippen molar-refractivity contribution >= 4 is 33.5 Å². The number of hydrogen-bond acceptors (Lipinski definition) is 7. The fourth-order valence-corrected chi connectivity index (χ4v) is 6.12. The number of carbonyl (C=O) groups is 3. The van der Waals surface area contributed by atoms with E-state index >= 15 is 0 Å². The van der Waals surface area contributed by atoms with Crippen LogP contribution in [0, 0.1) is 5.92 Å². The summed E-state index contributed by atoms with van der Waals surface area (Å²) in [6.07, 6.45) is 4.28. The first-order chi connectivity index (χ1) is 17.9. The molecular formula is C25H32N6O6S. The summed E-state index contributed by atoms with van der Waals surface area (Å²) >= 11 is 0. The molecule has 0 saturated carbocycles. The lowest BCUT2D eigenvalue weighted by molar-refractivity contribution is 0.0502. The smallest absolute Gasteiger partial charge is 0.407 e. The Bertz CT molecular complexity index is 1450. The van der Waals surface area contributed by atoms with Crippen molar-refractivity contribution in [2.24, 2.45) is 15.4 Å². The minimum Gasteiger partial charge on any atom is -0.476 e. The molecule has 0 fully saturated rings. The maximum Gasteiger partial charge on any atom is 0.407 e. The normalized spacial score (nSPS) is 19.5. The van der Waals surface area contributed by atoms with Crippen LogP contribution in [0.2, 0.25) is 0 Å². The van der Waals surface area contributed by atoms with Crippen molar-refractivity contribution in [3.63, 3.8) is 0 Å². The highest BCUT2D eigenvalue weighted by Gasteiger charge is 2.31. The summed E-state index contributed by atoms with van der Waals surface area (Å²) < 4.78 is 29.7. The Hall–Kier alpha value is -3.45. The van der Waals surface area contributed by atoms with Crippen LogP contribution in [0.3, 0.4) is 0 Å². The molecule has 2 heterocycles. The molecule has 2 unspecified atom stereocenters. The minimum absolute atomic E-state index is 0.0184. The lowest BCUT2D eigenvalue weighted by Crippen LogP contribution is -2.39. The van der Waals surface area contributed by atoms with E-state index in [4.69, 9.17) is 14.6 Å². The molecule has 2 aromatic rings. The second-order valence-electron chi connectivity index (χ2n) is 10.8. The number of nitrogens with one attached hydrogen (secondary N) is 2. The zero-order valence-corrected chi connectivity index (χ0v) is 22.5. The lowest BCUT2D eigenvalue weighted by atomic mass is 9.98. The highest BCUT2D eigenvalue weighted by Crippen LogP contribution is 2.39. The molecule has 3 amide bonds. The van der Waals surface area contributed by atoms with E-state index in [9.17, 15) is 18.6 Å². The van der Waals surface area contributed by atoms with Crippen LogP contribution >= 0.6 is 0 Å². The molecule has 13 heteroatoms. The van der Waals surface area contributed by atoms with Gasteiger partial charge in [-0.05, 0) is 69.2 Å². The van der Waals surface area contributed by atoms with Gasteiger partial charge in [0, 0.05) is 30.1 Å². The largest absolute Gasteiger partial charge is 0.476 e. The Morgan fingerprint density at radius 3 is 2.82 bits per heavy atom. The third-order valence-corrected chi connectivity index (χ3v) is 8.10. The van der Waals surface area contributed by atoms with Crippen molar-refractivity contribution in [3.05, 3.63) is 34.5 Å². The summed E-state index contributed by atoms with van der Waals surface area (Å²) in [7, 11) is -3.68. The SMILES string of the molecule is CC(C)(C)OC(=O)NCC1COc2c(S(N)(=O)=NC(=O)Nc3c4c(cc5c3CCC5=O)CCC4)cnn2C1. The van der Waals surface area contributed by atoms with E-state index in [2.05, 4.69) is 20.1 Å². The van der Waals surface area contributed by atoms with Crippen LogP contribution in [0.25, 0.3) is 0 Å². The monoisotopic (exact) mass is 544 g/mol. The molecule has 12 nitrogen and oxygen atoms in total. The second kappa shape index (κ2) is 9.70. The number of aromatic nitrogens is 2. The number of nitrogens with zero attached hydrogens (tertiary/aromatic N) is 3. The summed E-state index contributed by atoms with van der Waals surface area (Å²) in [6.45, 7) is 6.23. The summed E-state index contributed by atoms with van der Waals surface area (Å²) in [5.74, 6) is 0.129. The number of ether oxygens (including phenoxy) is 2. The number of urea groups is 1. The molecule has 1 aromatic carbocycles. The Kier molecular flexibility index (Phi) is 6.68. The number of rotatable bonds is 4. The average molecular weight is 545 g/mol. The second-order valence-corrected chi connectivity index (χ2v) is 12.6. The van der Waals surface area contributed by atoms with Gasteiger partial charge in [-0.15, -0.1) is 4.36 Å². The van der Waals surface area contributed by atoms with E-state index in [0.717, 1.165) is 36.0 Å². The molecule has 4 N–H and O–H groups in total. The van der Waals surface area contributed by atoms with Crippen LogP contribution < -0.4 is 20.5 Å². The van der Waals surface area contributed by atoms with E-state index in [-0.39, 0.29) is 29.1 Å². The zero-order chi connectivity index (χ0) is 27.2. The molecule has 0 radical (unpaired) electrons. The number of anilines is 1.